The summed E-state index contributed by atoms with van der Waals surface area (Å²) in [6, 6.07) is 6.93. The summed E-state index contributed by atoms with van der Waals surface area (Å²) in [4.78, 5) is 23.2. The number of rotatable bonds is 5. The van der Waals surface area contributed by atoms with Gasteiger partial charge in [-0.1, -0.05) is 12.5 Å². The van der Waals surface area contributed by atoms with Gasteiger partial charge >= 0.3 is 6.09 Å². The van der Waals surface area contributed by atoms with E-state index in [0.717, 1.165) is 19.3 Å². The zero-order valence-corrected chi connectivity index (χ0v) is 12.1. The van der Waals surface area contributed by atoms with Crippen molar-refractivity contribution in [3.05, 3.63) is 24.3 Å². The third-order valence-electron chi connectivity index (χ3n) is 3.96. The summed E-state index contributed by atoms with van der Waals surface area (Å²) in [7, 11) is 1.30. The molecule has 1 aromatic rings. The second kappa shape index (κ2) is 6.58. The molecule has 2 rings (SSSR count). The summed E-state index contributed by atoms with van der Waals surface area (Å²) in [5, 5.41) is 5.40. The number of ether oxygens (including phenoxy) is 1. The van der Waals surface area contributed by atoms with Crippen molar-refractivity contribution >= 4 is 23.4 Å². The molecule has 0 spiro atoms. The lowest BCUT2D eigenvalue weighted by Gasteiger charge is -2.40. The average Bonchev–Trinajstić information content (AvgIpc) is 2.43. The molecule has 1 aliphatic carbocycles. The summed E-state index contributed by atoms with van der Waals surface area (Å²) in [6.45, 7) is 0.546. The van der Waals surface area contributed by atoms with Crippen LogP contribution in [0.25, 0.3) is 0 Å². The van der Waals surface area contributed by atoms with Gasteiger partial charge in [-0.05, 0) is 43.0 Å². The highest BCUT2D eigenvalue weighted by Crippen LogP contribution is 2.43. The van der Waals surface area contributed by atoms with Crippen molar-refractivity contribution in [1.82, 2.24) is 0 Å². The van der Waals surface area contributed by atoms with E-state index >= 15 is 0 Å². The maximum Gasteiger partial charge on any atom is 0.411 e. The lowest BCUT2D eigenvalue weighted by atomic mass is 9.66. The van der Waals surface area contributed by atoms with E-state index < -0.39 is 6.09 Å². The number of carbonyl (C=O) groups is 2. The average molecular weight is 291 g/mol. The molecule has 0 bridgehead atoms. The summed E-state index contributed by atoms with van der Waals surface area (Å²) in [6.07, 6.45) is 3.07. The minimum Gasteiger partial charge on any atom is -0.453 e. The monoisotopic (exact) mass is 291 g/mol. The highest BCUT2D eigenvalue weighted by molar-refractivity contribution is 5.92. The lowest BCUT2D eigenvalue weighted by molar-refractivity contribution is -0.119. The van der Waals surface area contributed by atoms with Crippen LogP contribution in [0.4, 0.5) is 16.2 Å². The Morgan fingerprint density at radius 1 is 1.29 bits per heavy atom. The SMILES string of the molecule is COC(=O)Nc1cccc(NC(=O)CC2(CN)CCC2)c1. The number of anilines is 2. The zero-order chi connectivity index (χ0) is 15.3. The zero-order valence-electron chi connectivity index (χ0n) is 12.1. The molecule has 1 saturated carbocycles. The maximum absolute atomic E-state index is 12.1. The standard InChI is InChI=1S/C15H21N3O3/c1-21-14(20)18-12-5-2-4-11(8-12)17-13(19)9-15(10-16)6-3-7-15/h2,4-5,8H,3,6-7,9-10,16H2,1H3,(H,17,19)(H,18,20). The predicted octanol–water partition coefficient (Wildman–Crippen LogP) is 2.32. The Morgan fingerprint density at radius 3 is 2.48 bits per heavy atom. The number of carbonyl (C=O) groups excluding carboxylic acids is 2. The van der Waals surface area contributed by atoms with Crippen LogP contribution in [0, 0.1) is 5.41 Å². The molecule has 0 aliphatic heterocycles. The third kappa shape index (κ3) is 3.95. The second-order valence-corrected chi connectivity index (χ2v) is 5.48. The molecule has 2 amide bonds. The molecule has 0 atom stereocenters. The topological polar surface area (TPSA) is 93.5 Å². The van der Waals surface area contributed by atoms with Gasteiger partial charge in [0.15, 0.2) is 0 Å². The minimum absolute atomic E-state index is 0.0219. The number of methoxy groups -OCH3 is 1. The first-order valence-electron chi connectivity index (χ1n) is 7.02. The van der Waals surface area contributed by atoms with Crippen LogP contribution in [0.3, 0.4) is 0 Å². The van der Waals surface area contributed by atoms with Crippen molar-refractivity contribution in [2.45, 2.75) is 25.7 Å². The Morgan fingerprint density at radius 2 is 1.95 bits per heavy atom. The normalized spacial score (nSPS) is 15.7. The van der Waals surface area contributed by atoms with Gasteiger partial charge in [0.1, 0.15) is 0 Å². The van der Waals surface area contributed by atoms with Crippen LogP contribution in [-0.2, 0) is 9.53 Å². The van der Waals surface area contributed by atoms with Crippen LogP contribution in [0.15, 0.2) is 24.3 Å². The molecule has 114 valence electrons. The van der Waals surface area contributed by atoms with Crippen LogP contribution in [0.1, 0.15) is 25.7 Å². The van der Waals surface area contributed by atoms with Crippen LogP contribution < -0.4 is 16.4 Å². The van der Waals surface area contributed by atoms with Crippen molar-refractivity contribution in [1.29, 1.82) is 0 Å². The van der Waals surface area contributed by atoms with E-state index in [1.807, 2.05) is 0 Å². The molecule has 1 aliphatic rings. The minimum atomic E-state index is -0.546. The number of amides is 2. The van der Waals surface area contributed by atoms with Crippen molar-refractivity contribution < 1.29 is 14.3 Å². The molecular weight excluding hydrogens is 270 g/mol. The summed E-state index contributed by atoms with van der Waals surface area (Å²) >= 11 is 0. The molecule has 0 aromatic heterocycles. The van der Waals surface area contributed by atoms with E-state index in [-0.39, 0.29) is 11.3 Å². The fourth-order valence-electron chi connectivity index (χ4n) is 2.52. The number of hydrogen-bond acceptors (Lipinski definition) is 4. The van der Waals surface area contributed by atoms with Crippen molar-refractivity contribution in [2.75, 3.05) is 24.3 Å². The van der Waals surface area contributed by atoms with Crippen LogP contribution in [0.5, 0.6) is 0 Å². The third-order valence-corrected chi connectivity index (χ3v) is 3.96. The summed E-state index contributed by atoms with van der Waals surface area (Å²) in [5.41, 5.74) is 6.95. The van der Waals surface area contributed by atoms with E-state index in [0.29, 0.717) is 24.3 Å². The van der Waals surface area contributed by atoms with E-state index in [1.165, 1.54) is 7.11 Å². The molecular formula is C15H21N3O3. The highest BCUT2D eigenvalue weighted by atomic mass is 16.5. The van der Waals surface area contributed by atoms with Gasteiger partial charge in [0.25, 0.3) is 0 Å². The van der Waals surface area contributed by atoms with E-state index in [2.05, 4.69) is 15.4 Å². The number of benzene rings is 1. The molecule has 4 N–H and O–H groups in total. The quantitative estimate of drug-likeness (QED) is 0.776. The summed E-state index contributed by atoms with van der Waals surface area (Å²) in [5.74, 6) is -0.0460. The fourth-order valence-corrected chi connectivity index (χ4v) is 2.52. The van der Waals surface area contributed by atoms with Crippen LogP contribution in [0.2, 0.25) is 0 Å². The van der Waals surface area contributed by atoms with Gasteiger partial charge in [-0.15, -0.1) is 0 Å². The van der Waals surface area contributed by atoms with Gasteiger partial charge < -0.3 is 15.8 Å². The molecule has 21 heavy (non-hydrogen) atoms. The molecule has 1 aromatic carbocycles. The number of nitrogens with two attached hydrogens (primary N) is 1. The van der Waals surface area contributed by atoms with E-state index in [4.69, 9.17) is 5.73 Å². The first-order valence-corrected chi connectivity index (χ1v) is 7.02. The van der Waals surface area contributed by atoms with Gasteiger partial charge in [0, 0.05) is 17.8 Å². The Balaban J connectivity index is 1.94. The van der Waals surface area contributed by atoms with Gasteiger partial charge in [-0.25, -0.2) is 4.79 Å². The maximum atomic E-state index is 12.1. The van der Waals surface area contributed by atoms with E-state index in [1.54, 1.807) is 24.3 Å². The Labute approximate surface area is 124 Å². The van der Waals surface area contributed by atoms with E-state index in [9.17, 15) is 9.59 Å². The highest BCUT2D eigenvalue weighted by Gasteiger charge is 2.37. The van der Waals surface area contributed by atoms with Gasteiger partial charge in [-0.2, -0.15) is 0 Å². The second-order valence-electron chi connectivity index (χ2n) is 5.48. The molecule has 0 heterocycles. The fraction of sp³-hybridized carbons (Fsp3) is 0.467. The number of nitrogens with one attached hydrogen (secondary N) is 2. The Hall–Kier alpha value is -2.08. The molecule has 6 nitrogen and oxygen atoms in total. The molecule has 1 fully saturated rings. The van der Waals surface area contributed by atoms with Crippen LogP contribution in [-0.4, -0.2) is 25.7 Å². The van der Waals surface area contributed by atoms with Crippen molar-refractivity contribution in [2.24, 2.45) is 11.1 Å². The Bertz CT molecular complexity index is 521. The van der Waals surface area contributed by atoms with Gasteiger partial charge in [-0.3, -0.25) is 10.1 Å². The molecule has 0 radical (unpaired) electrons. The molecule has 0 saturated heterocycles. The van der Waals surface area contributed by atoms with Crippen LogP contribution >= 0.6 is 0 Å². The first-order chi connectivity index (χ1) is 10.1. The smallest absolute Gasteiger partial charge is 0.411 e. The van der Waals surface area contributed by atoms with Gasteiger partial charge in [0.2, 0.25) is 5.91 Å². The van der Waals surface area contributed by atoms with Crippen molar-refractivity contribution in [3.8, 4) is 0 Å². The van der Waals surface area contributed by atoms with Crippen molar-refractivity contribution in [3.63, 3.8) is 0 Å². The molecule has 6 heteroatoms. The predicted molar refractivity (Wildman–Crippen MR) is 81.1 cm³/mol. The molecule has 0 unspecified atom stereocenters. The number of hydrogen-bond donors (Lipinski definition) is 3. The summed E-state index contributed by atoms with van der Waals surface area (Å²) < 4.78 is 4.53. The Kier molecular flexibility index (Phi) is 4.80. The lowest BCUT2D eigenvalue weighted by Crippen LogP contribution is -2.40. The largest absolute Gasteiger partial charge is 0.453 e. The first kappa shape index (κ1) is 15.3. The van der Waals surface area contributed by atoms with Gasteiger partial charge in [0.05, 0.1) is 7.11 Å².